The molecule has 0 atom stereocenters. The number of hydrogen-bond acceptors (Lipinski definition) is 4. The molecule has 3 N–H and O–H groups in total. The summed E-state index contributed by atoms with van der Waals surface area (Å²) in [4.78, 5) is 36.3. The van der Waals surface area contributed by atoms with Crippen molar-refractivity contribution in [3.05, 3.63) is 65.4 Å². The molecule has 35 heavy (non-hydrogen) atoms. The van der Waals surface area contributed by atoms with E-state index in [4.69, 9.17) is 9.84 Å². The molecular weight excluding hydrogens is 446 g/mol. The van der Waals surface area contributed by atoms with Gasteiger partial charge in [-0.3, -0.25) is 14.4 Å². The molecule has 1 aliphatic carbocycles. The van der Waals surface area contributed by atoms with Crippen LogP contribution in [-0.4, -0.2) is 46.7 Å². The van der Waals surface area contributed by atoms with Crippen LogP contribution in [0.4, 0.5) is 0 Å². The molecule has 0 radical (unpaired) electrons. The van der Waals surface area contributed by atoms with Crippen molar-refractivity contribution in [2.45, 2.75) is 38.7 Å². The maximum absolute atomic E-state index is 12.6. The van der Waals surface area contributed by atoms with E-state index in [9.17, 15) is 14.4 Å². The summed E-state index contributed by atoms with van der Waals surface area (Å²) in [5, 5.41) is 15.8. The van der Waals surface area contributed by atoms with Gasteiger partial charge in [0, 0.05) is 36.6 Å². The van der Waals surface area contributed by atoms with Crippen molar-refractivity contribution in [2.75, 3.05) is 13.1 Å². The first-order valence-corrected chi connectivity index (χ1v) is 11.9. The number of aliphatic carboxylic acids is 1. The van der Waals surface area contributed by atoms with Crippen LogP contribution in [0.25, 0.3) is 10.9 Å². The number of para-hydroxylation sites is 1. The summed E-state index contributed by atoms with van der Waals surface area (Å²) in [6.07, 6.45) is 2.66. The number of hydrogen-bond donors (Lipinski definition) is 3. The van der Waals surface area contributed by atoms with Crippen molar-refractivity contribution in [3.8, 4) is 5.75 Å². The second kappa shape index (κ2) is 10.6. The van der Waals surface area contributed by atoms with E-state index in [0.717, 1.165) is 16.5 Å². The van der Waals surface area contributed by atoms with Crippen LogP contribution in [0.5, 0.6) is 5.75 Å². The van der Waals surface area contributed by atoms with Crippen LogP contribution in [0.1, 0.15) is 52.1 Å². The molecule has 0 aliphatic heterocycles. The Morgan fingerprint density at radius 2 is 1.66 bits per heavy atom. The number of amides is 2. The third-order valence-corrected chi connectivity index (χ3v) is 6.65. The second-order valence-electron chi connectivity index (χ2n) is 9.07. The minimum absolute atomic E-state index is 0.00453. The van der Waals surface area contributed by atoms with Gasteiger partial charge in [-0.25, -0.2) is 0 Å². The fraction of sp³-hybridized carbons (Fsp3) is 0.370. The minimum atomic E-state index is -0.734. The molecule has 1 heterocycles. The van der Waals surface area contributed by atoms with E-state index in [1.165, 1.54) is 0 Å². The van der Waals surface area contributed by atoms with E-state index >= 15 is 0 Å². The van der Waals surface area contributed by atoms with E-state index in [1.54, 1.807) is 12.1 Å². The number of nitrogens with zero attached hydrogens (tertiary/aromatic N) is 1. The third kappa shape index (κ3) is 5.65. The number of rotatable bonds is 8. The van der Waals surface area contributed by atoms with Crippen molar-refractivity contribution in [3.63, 3.8) is 0 Å². The average Bonchev–Trinajstić information content (AvgIpc) is 3.18. The fourth-order valence-corrected chi connectivity index (χ4v) is 4.63. The Morgan fingerprint density at radius 3 is 2.31 bits per heavy atom. The molecule has 3 aromatic rings. The van der Waals surface area contributed by atoms with Crippen molar-refractivity contribution in [1.29, 1.82) is 0 Å². The molecular formula is C27H31N3O5. The number of fused-ring (bicyclic) bond motifs is 1. The summed E-state index contributed by atoms with van der Waals surface area (Å²) in [6.45, 7) is 2.47. The molecule has 0 spiro atoms. The fourth-order valence-electron chi connectivity index (χ4n) is 4.63. The molecule has 0 saturated heterocycles. The molecule has 1 aromatic heterocycles. The maximum atomic E-state index is 12.6. The van der Waals surface area contributed by atoms with Gasteiger partial charge in [0.15, 0.2) is 0 Å². The number of aryl methyl sites for hydroxylation is 2. The lowest BCUT2D eigenvalue weighted by Gasteiger charge is -2.27. The molecule has 184 valence electrons. The predicted octanol–water partition coefficient (Wildman–Crippen LogP) is 3.67. The standard InChI is InChI=1S/C27H31N3O5/c1-17-15-21(35-20-9-7-18(8-10-20)27(33)34)11-12-22(17)25(31)28-13-14-29-26(32)24-16-19-5-3-4-6-23(19)30(24)2/h3-6,11-12,15-16,18,20H,7-10,13-14H2,1-2H3,(H,28,31)(H,29,32)(H,33,34)/t18-,20+. The first-order chi connectivity index (χ1) is 16.8. The van der Waals surface area contributed by atoms with Gasteiger partial charge in [-0.05, 0) is 68.5 Å². The molecule has 0 unspecified atom stereocenters. The predicted molar refractivity (Wildman–Crippen MR) is 133 cm³/mol. The summed E-state index contributed by atoms with van der Waals surface area (Å²) in [5.74, 6) is -0.731. The summed E-state index contributed by atoms with van der Waals surface area (Å²) < 4.78 is 7.88. The highest BCUT2D eigenvalue weighted by Gasteiger charge is 2.27. The van der Waals surface area contributed by atoms with Crippen LogP contribution in [0, 0.1) is 12.8 Å². The smallest absolute Gasteiger partial charge is 0.306 e. The molecule has 1 fully saturated rings. The third-order valence-electron chi connectivity index (χ3n) is 6.65. The summed E-state index contributed by atoms with van der Waals surface area (Å²) >= 11 is 0. The summed E-state index contributed by atoms with van der Waals surface area (Å²) in [7, 11) is 1.86. The van der Waals surface area contributed by atoms with E-state index in [0.29, 0.717) is 55.8 Å². The van der Waals surface area contributed by atoms with Crippen molar-refractivity contribution in [2.24, 2.45) is 13.0 Å². The number of aromatic nitrogens is 1. The Balaban J connectivity index is 1.25. The largest absolute Gasteiger partial charge is 0.490 e. The van der Waals surface area contributed by atoms with E-state index in [1.807, 2.05) is 54.9 Å². The van der Waals surface area contributed by atoms with Gasteiger partial charge in [0.05, 0.1) is 12.0 Å². The number of carboxylic acids is 1. The van der Waals surface area contributed by atoms with E-state index < -0.39 is 5.97 Å². The Kier molecular flexibility index (Phi) is 7.39. The van der Waals surface area contributed by atoms with Gasteiger partial charge in [0.2, 0.25) is 0 Å². The Labute approximate surface area is 204 Å². The van der Waals surface area contributed by atoms with Crippen LogP contribution in [0.3, 0.4) is 0 Å². The van der Waals surface area contributed by atoms with Crippen LogP contribution in [-0.2, 0) is 11.8 Å². The lowest BCUT2D eigenvalue weighted by Crippen LogP contribution is -2.35. The number of carbonyl (C=O) groups excluding carboxylic acids is 2. The summed E-state index contributed by atoms with van der Waals surface area (Å²) in [5.41, 5.74) is 2.90. The Bertz CT molecular complexity index is 1240. The number of ether oxygens (including phenoxy) is 1. The first-order valence-electron chi connectivity index (χ1n) is 11.9. The topological polar surface area (TPSA) is 110 Å². The highest BCUT2D eigenvalue weighted by atomic mass is 16.5. The molecule has 0 bridgehead atoms. The Morgan fingerprint density at radius 1 is 0.971 bits per heavy atom. The number of nitrogens with one attached hydrogen (secondary N) is 2. The van der Waals surface area contributed by atoms with Crippen LogP contribution < -0.4 is 15.4 Å². The maximum Gasteiger partial charge on any atom is 0.306 e. The normalized spacial score (nSPS) is 17.7. The molecule has 8 nitrogen and oxygen atoms in total. The highest BCUT2D eigenvalue weighted by Crippen LogP contribution is 2.28. The Hall–Kier alpha value is -3.81. The highest BCUT2D eigenvalue weighted by molar-refractivity contribution is 5.99. The minimum Gasteiger partial charge on any atom is -0.490 e. The molecule has 2 amide bonds. The zero-order chi connectivity index (χ0) is 24.9. The van der Waals surface area contributed by atoms with Gasteiger partial charge in [0.1, 0.15) is 11.4 Å². The van der Waals surface area contributed by atoms with Crippen molar-refractivity contribution < 1.29 is 24.2 Å². The first kappa shape index (κ1) is 24.3. The zero-order valence-electron chi connectivity index (χ0n) is 20.0. The number of benzene rings is 2. The van der Waals surface area contributed by atoms with Crippen LogP contribution in [0.2, 0.25) is 0 Å². The van der Waals surface area contributed by atoms with Crippen molar-refractivity contribution >= 4 is 28.7 Å². The molecule has 2 aromatic carbocycles. The number of carboxylic acid groups (broad SMARTS) is 1. The zero-order valence-corrected chi connectivity index (χ0v) is 20.0. The van der Waals surface area contributed by atoms with Crippen molar-refractivity contribution in [1.82, 2.24) is 15.2 Å². The van der Waals surface area contributed by atoms with Crippen LogP contribution >= 0.6 is 0 Å². The van der Waals surface area contributed by atoms with Gasteiger partial charge < -0.3 is 25.0 Å². The SMILES string of the molecule is Cc1cc(O[C@H]2CC[C@@H](C(=O)O)CC2)ccc1C(=O)NCCNC(=O)c1cc2ccccc2n1C. The van der Waals surface area contributed by atoms with Crippen LogP contribution in [0.15, 0.2) is 48.5 Å². The van der Waals surface area contributed by atoms with Gasteiger partial charge in [-0.2, -0.15) is 0 Å². The quantitative estimate of drug-likeness (QED) is 0.429. The molecule has 8 heteroatoms. The van der Waals surface area contributed by atoms with E-state index in [-0.39, 0.29) is 23.8 Å². The van der Waals surface area contributed by atoms with Gasteiger partial charge in [0.25, 0.3) is 11.8 Å². The molecule has 1 saturated carbocycles. The van der Waals surface area contributed by atoms with E-state index in [2.05, 4.69) is 10.6 Å². The lowest BCUT2D eigenvalue weighted by molar-refractivity contribution is -0.143. The second-order valence-corrected chi connectivity index (χ2v) is 9.07. The monoisotopic (exact) mass is 477 g/mol. The average molecular weight is 478 g/mol. The molecule has 4 rings (SSSR count). The molecule has 1 aliphatic rings. The lowest BCUT2D eigenvalue weighted by atomic mass is 9.87. The van der Waals surface area contributed by atoms with Gasteiger partial charge in [-0.1, -0.05) is 18.2 Å². The van der Waals surface area contributed by atoms with Gasteiger partial charge >= 0.3 is 5.97 Å². The summed E-state index contributed by atoms with van der Waals surface area (Å²) in [6, 6.07) is 15.0. The number of carbonyl (C=O) groups is 3. The van der Waals surface area contributed by atoms with Gasteiger partial charge in [-0.15, -0.1) is 0 Å².